The molecule has 0 aromatic rings. The molecule has 1 saturated carbocycles. The standard InChI is InChI=1S/C34H68N2/c1-6-11-14-18-23-28(9-4)33(29-24-19-17-20-25-29)34(32(36)27-22-16-13-8-3)30(10-5)31(35)26-21-15-12-7-2/h10,28-34H,5-9,11-27,35-36H2,1-4H3. The average molecular weight is 505 g/mol. The van der Waals surface area contributed by atoms with Gasteiger partial charge in [-0.1, -0.05) is 156 Å². The fourth-order valence-corrected chi connectivity index (χ4v) is 7.48. The Hall–Kier alpha value is -0.340. The summed E-state index contributed by atoms with van der Waals surface area (Å²) in [4.78, 5) is 0. The molecule has 0 amide bonds. The number of hydrogen-bond acceptors (Lipinski definition) is 2. The Balaban J connectivity index is 3.23. The van der Waals surface area contributed by atoms with Gasteiger partial charge in [0.1, 0.15) is 0 Å². The molecular weight excluding hydrogens is 436 g/mol. The van der Waals surface area contributed by atoms with Crippen molar-refractivity contribution in [1.29, 1.82) is 0 Å². The van der Waals surface area contributed by atoms with E-state index < -0.39 is 0 Å². The largest absolute Gasteiger partial charge is 0.327 e. The van der Waals surface area contributed by atoms with Crippen LogP contribution in [0.1, 0.15) is 163 Å². The zero-order chi connectivity index (χ0) is 26.6. The summed E-state index contributed by atoms with van der Waals surface area (Å²) in [5, 5.41) is 0. The van der Waals surface area contributed by atoms with Crippen molar-refractivity contribution < 1.29 is 0 Å². The molecule has 214 valence electrons. The molecule has 1 aliphatic carbocycles. The lowest BCUT2D eigenvalue weighted by Crippen LogP contribution is -2.50. The van der Waals surface area contributed by atoms with Gasteiger partial charge in [0, 0.05) is 12.1 Å². The molecule has 0 aromatic heterocycles. The second-order valence-corrected chi connectivity index (χ2v) is 12.4. The monoisotopic (exact) mass is 505 g/mol. The Bertz CT molecular complexity index is 497. The maximum absolute atomic E-state index is 7.26. The van der Waals surface area contributed by atoms with Crippen LogP contribution in [0.15, 0.2) is 12.7 Å². The summed E-state index contributed by atoms with van der Waals surface area (Å²) in [6.45, 7) is 13.8. The van der Waals surface area contributed by atoms with Crippen LogP contribution in [-0.4, -0.2) is 12.1 Å². The first-order chi connectivity index (χ1) is 17.5. The highest BCUT2D eigenvalue weighted by Gasteiger charge is 2.42. The second-order valence-electron chi connectivity index (χ2n) is 12.4. The Kier molecular flexibility index (Phi) is 20.2. The molecule has 0 saturated heterocycles. The van der Waals surface area contributed by atoms with E-state index in [0.29, 0.717) is 17.8 Å². The Labute approximate surface area is 228 Å². The molecule has 1 rings (SSSR count). The maximum atomic E-state index is 7.26. The molecule has 1 fully saturated rings. The van der Waals surface area contributed by atoms with Gasteiger partial charge < -0.3 is 11.5 Å². The van der Waals surface area contributed by atoms with E-state index >= 15 is 0 Å². The lowest BCUT2D eigenvalue weighted by Gasteiger charge is -2.47. The maximum Gasteiger partial charge on any atom is 0.0105 e. The predicted molar refractivity (Wildman–Crippen MR) is 163 cm³/mol. The van der Waals surface area contributed by atoms with Crippen LogP contribution in [-0.2, 0) is 0 Å². The van der Waals surface area contributed by atoms with Crippen LogP contribution in [0.3, 0.4) is 0 Å². The van der Waals surface area contributed by atoms with Gasteiger partial charge in [0.25, 0.3) is 0 Å². The fourth-order valence-electron chi connectivity index (χ4n) is 7.48. The summed E-state index contributed by atoms with van der Waals surface area (Å²) in [6, 6.07) is 0.456. The number of unbranched alkanes of at least 4 members (excludes halogenated alkanes) is 9. The van der Waals surface area contributed by atoms with Gasteiger partial charge in [-0.05, 0) is 42.4 Å². The number of rotatable bonds is 23. The van der Waals surface area contributed by atoms with E-state index in [2.05, 4.69) is 40.3 Å². The van der Waals surface area contributed by atoms with Crippen molar-refractivity contribution in [3.8, 4) is 0 Å². The van der Waals surface area contributed by atoms with Gasteiger partial charge in [-0.3, -0.25) is 0 Å². The molecule has 4 N–H and O–H groups in total. The molecule has 2 nitrogen and oxygen atoms in total. The summed E-state index contributed by atoms with van der Waals surface area (Å²) in [6.07, 6.45) is 30.1. The van der Waals surface area contributed by atoms with Gasteiger partial charge in [-0.2, -0.15) is 0 Å². The normalized spacial score (nSPS) is 19.9. The Morgan fingerprint density at radius 1 is 0.667 bits per heavy atom. The average Bonchev–Trinajstić information content (AvgIpc) is 2.90. The van der Waals surface area contributed by atoms with E-state index in [4.69, 9.17) is 11.5 Å². The zero-order valence-corrected chi connectivity index (χ0v) is 25.3. The fraction of sp³-hybridized carbons (Fsp3) is 0.941. The predicted octanol–water partition coefficient (Wildman–Crippen LogP) is 10.2. The quantitative estimate of drug-likeness (QED) is 0.107. The molecule has 0 spiro atoms. The molecule has 0 bridgehead atoms. The highest BCUT2D eigenvalue weighted by atomic mass is 14.7. The van der Waals surface area contributed by atoms with E-state index in [1.54, 1.807) is 0 Å². The smallest absolute Gasteiger partial charge is 0.0105 e. The molecule has 6 atom stereocenters. The first-order valence-electron chi connectivity index (χ1n) is 16.7. The lowest BCUT2D eigenvalue weighted by atomic mass is 9.60. The molecular formula is C34H68N2. The second kappa shape index (κ2) is 21.6. The van der Waals surface area contributed by atoms with E-state index in [1.165, 1.54) is 122 Å². The van der Waals surface area contributed by atoms with Gasteiger partial charge >= 0.3 is 0 Å². The van der Waals surface area contributed by atoms with Crippen molar-refractivity contribution in [3.05, 3.63) is 12.7 Å². The highest BCUT2D eigenvalue weighted by molar-refractivity contribution is 5.01. The van der Waals surface area contributed by atoms with E-state index in [9.17, 15) is 0 Å². The minimum absolute atomic E-state index is 0.203. The summed E-state index contributed by atoms with van der Waals surface area (Å²) < 4.78 is 0. The summed E-state index contributed by atoms with van der Waals surface area (Å²) in [7, 11) is 0. The van der Waals surface area contributed by atoms with Crippen molar-refractivity contribution in [3.63, 3.8) is 0 Å². The topological polar surface area (TPSA) is 52.0 Å². The van der Waals surface area contributed by atoms with Crippen LogP contribution < -0.4 is 11.5 Å². The summed E-state index contributed by atoms with van der Waals surface area (Å²) in [5.74, 6) is 3.17. The third-order valence-corrected chi connectivity index (χ3v) is 9.62. The lowest BCUT2D eigenvalue weighted by molar-refractivity contribution is 0.0520. The van der Waals surface area contributed by atoms with E-state index in [1.807, 2.05) is 0 Å². The summed E-state index contributed by atoms with van der Waals surface area (Å²) in [5.41, 5.74) is 14.3. The van der Waals surface area contributed by atoms with Crippen molar-refractivity contribution in [1.82, 2.24) is 0 Å². The van der Waals surface area contributed by atoms with Crippen LogP contribution >= 0.6 is 0 Å². The summed E-state index contributed by atoms with van der Waals surface area (Å²) >= 11 is 0. The van der Waals surface area contributed by atoms with Crippen LogP contribution in [0.2, 0.25) is 0 Å². The van der Waals surface area contributed by atoms with Crippen LogP contribution in [0.25, 0.3) is 0 Å². The van der Waals surface area contributed by atoms with Crippen molar-refractivity contribution in [2.75, 3.05) is 0 Å². The number of hydrogen-bond donors (Lipinski definition) is 2. The van der Waals surface area contributed by atoms with Crippen LogP contribution in [0.4, 0.5) is 0 Å². The SMILES string of the molecule is C=CC(C(N)CCCCCC)C(C(N)CCCCCC)C(C(CC)CCCCCC)C1CCCCC1. The third kappa shape index (κ3) is 12.5. The molecule has 6 unspecified atom stereocenters. The zero-order valence-electron chi connectivity index (χ0n) is 25.3. The van der Waals surface area contributed by atoms with E-state index in [-0.39, 0.29) is 12.1 Å². The van der Waals surface area contributed by atoms with Gasteiger partial charge in [-0.25, -0.2) is 0 Å². The van der Waals surface area contributed by atoms with Crippen molar-refractivity contribution in [2.24, 2.45) is 41.1 Å². The van der Waals surface area contributed by atoms with Gasteiger partial charge in [0.15, 0.2) is 0 Å². The Morgan fingerprint density at radius 3 is 1.64 bits per heavy atom. The molecule has 1 aliphatic rings. The van der Waals surface area contributed by atoms with Crippen LogP contribution in [0.5, 0.6) is 0 Å². The van der Waals surface area contributed by atoms with Gasteiger partial charge in [0.05, 0.1) is 0 Å². The molecule has 0 heterocycles. The Morgan fingerprint density at radius 2 is 1.17 bits per heavy atom. The minimum atomic E-state index is 0.203. The van der Waals surface area contributed by atoms with E-state index in [0.717, 1.165) is 24.7 Å². The van der Waals surface area contributed by atoms with Crippen molar-refractivity contribution in [2.45, 2.75) is 175 Å². The molecule has 2 heteroatoms. The molecule has 0 aromatic carbocycles. The highest BCUT2D eigenvalue weighted by Crippen LogP contribution is 2.46. The molecule has 36 heavy (non-hydrogen) atoms. The molecule has 0 aliphatic heterocycles. The number of nitrogens with two attached hydrogens (primary N) is 2. The van der Waals surface area contributed by atoms with Gasteiger partial charge in [0.2, 0.25) is 0 Å². The first-order valence-corrected chi connectivity index (χ1v) is 16.7. The third-order valence-electron chi connectivity index (χ3n) is 9.62. The minimum Gasteiger partial charge on any atom is -0.327 e. The van der Waals surface area contributed by atoms with Crippen LogP contribution in [0, 0.1) is 29.6 Å². The molecule has 0 radical (unpaired) electrons. The first kappa shape index (κ1) is 33.7. The van der Waals surface area contributed by atoms with Gasteiger partial charge in [-0.15, -0.1) is 6.58 Å². The van der Waals surface area contributed by atoms with Crippen molar-refractivity contribution >= 4 is 0 Å².